The van der Waals surface area contributed by atoms with Gasteiger partial charge in [-0.2, -0.15) is 0 Å². The van der Waals surface area contributed by atoms with Crippen LogP contribution in [-0.4, -0.2) is 27.4 Å². The Hall–Kier alpha value is -1.42. The van der Waals surface area contributed by atoms with Gasteiger partial charge in [-0.1, -0.05) is 26.3 Å². The summed E-state index contributed by atoms with van der Waals surface area (Å²) < 4.78 is 16.2. The lowest BCUT2D eigenvalue weighted by Crippen LogP contribution is -2.27. The summed E-state index contributed by atoms with van der Waals surface area (Å²) in [6.07, 6.45) is 2.39. The molecule has 0 aliphatic heterocycles. The lowest BCUT2D eigenvalue weighted by atomic mass is 10.00. The summed E-state index contributed by atoms with van der Waals surface area (Å²) in [6, 6.07) is 4.40. The van der Waals surface area contributed by atoms with Crippen LogP contribution in [-0.2, 0) is 6.54 Å². The van der Waals surface area contributed by atoms with E-state index in [1.165, 1.54) is 12.8 Å². The predicted octanol–water partition coefficient (Wildman–Crippen LogP) is 3.63. The van der Waals surface area contributed by atoms with Crippen LogP contribution in [0.25, 0.3) is 0 Å². The Bertz CT molecular complexity index is 434. The molecule has 2 atom stereocenters. The molecule has 0 radical (unpaired) electrons. The Kier molecular flexibility index (Phi) is 7.37. The van der Waals surface area contributed by atoms with Crippen LogP contribution in [0.5, 0.6) is 17.2 Å². The van der Waals surface area contributed by atoms with Crippen LogP contribution < -0.4 is 19.5 Å². The third kappa shape index (κ3) is 4.81. The van der Waals surface area contributed by atoms with E-state index in [-0.39, 0.29) is 0 Å². The highest BCUT2D eigenvalue weighted by Gasteiger charge is 2.16. The fraction of sp³-hybridized carbons (Fsp3) is 0.647. The normalized spacial score (nSPS) is 13.6. The van der Waals surface area contributed by atoms with Gasteiger partial charge in [-0.3, -0.25) is 0 Å². The fourth-order valence-corrected chi connectivity index (χ4v) is 2.44. The number of nitrogens with one attached hydrogen (secondary N) is 1. The fourth-order valence-electron chi connectivity index (χ4n) is 2.44. The van der Waals surface area contributed by atoms with Crippen LogP contribution in [0.15, 0.2) is 12.1 Å². The van der Waals surface area contributed by atoms with E-state index in [2.05, 4.69) is 26.1 Å². The van der Waals surface area contributed by atoms with Gasteiger partial charge >= 0.3 is 0 Å². The highest BCUT2D eigenvalue weighted by atomic mass is 16.5. The van der Waals surface area contributed by atoms with E-state index in [0.29, 0.717) is 17.5 Å². The van der Waals surface area contributed by atoms with Crippen molar-refractivity contribution in [1.29, 1.82) is 0 Å². The number of rotatable bonds is 9. The van der Waals surface area contributed by atoms with Crippen molar-refractivity contribution < 1.29 is 14.2 Å². The van der Waals surface area contributed by atoms with Crippen LogP contribution >= 0.6 is 0 Å². The first-order valence-corrected chi connectivity index (χ1v) is 7.58. The molecule has 1 N–H and O–H groups in total. The van der Waals surface area contributed by atoms with E-state index < -0.39 is 0 Å². The molecule has 0 saturated heterocycles. The molecule has 0 amide bonds. The molecule has 4 nitrogen and oxygen atoms in total. The van der Waals surface area contributed by atoms with Crippen molar-refractivity contribution in [1.82, 2.24) is 5.32 Å². The van der Waals surface area contributed by atoms with Crippen LogP contribution in [0.4, 0.5) is 0 Å². The molecule has 0 fully saturated rings. The van der Waals surface area contributed by atoms with Gasteiger partial charge < -0.3 is 19.5 Å². The summed E-state index contributed by atoms with van der Waals surface area (Å²) in [4.78, 5) is 0. The highest BCUT2D eigenvalue weighted by Crippen LogP contribution is 2.39. The minimum Gasteiger partial charge on any atom is -0.493 e. The lowest BCUT2D eigenvalue weighted by molar-refractivity contribution is 0.320. The van der Waals surface area contributed by atoms with Gasteiger partial charge in [0.2, 0.25) is 5.75 Å². The quantitative estimate of drug-likeness (QED) is 0.755. The average molecular weight is 295 g/mol. The Morgan fingerprint density at radius 3 is 2.19 bits per heavy atom. The Morgan fingerprint density at radius 2 is 1.67 bits per heavy atom. The topological polar surface area (TPSA) is 39.7 Å². The van der Waals surface area contributed by atoms with Gasteiger partial charge in [0, 0.05) is 18.2 Å². The summed E-state index contributed by atoms with van der Waals surface area (Å²) in [7, 11) is 4.91. The first-order valence-electron chi connectivity index (χ1n) is 7.58. The molecule has 0 heterocycles. The summed E-state index contributed by atoms with van der Waals surface area (Å²) in [5.74, 6) is 2.81. The second-order valence-electron chi connectivity index (χ2n) is 5.52. The highest BCUT2D eigenvalue weighted by molar-refractivity contribution is 5.55. The van der Waals surface area contributed by atoms with Gasteiger partial charge in [-0.15, -0.1) is 0 Å². The number of ether oxygens (including phenoxy) is 3. The van der Waals surface area contributed by atoms with Crippen LogP contribution in [0, 0.1) is 5.92 Å². The van der Waals surface area contributed by atoms with E-state index in [4.69, 9.17) is 14.2 Å². The maximum atomic E-state index is 5.50. The van der Waals surface area contributed by atoms with Crippen molar-refractivity contribution in [2.24, 2.45) is 5.92 Å². The molecule has 0 aliphatic rings. The molecule has 0 aromatic heterocycles. The SMILES string of the molecule is CCC(C)CC(C)NCc1ccc(OC)c(OC)c1OC. The van der Waals surface area contributed by atoms with Crippen molar-refractivity contribution in [3.8, 4) is 17.2 Å². The summed E-state index contributed by atoms with van der Waals surface area (Å²) in [6.45, 7) is 7.49. The van der Waals surface area contributed by atoms with Gasteiger partial charge in [-0.05, 0) is 25.3 Å². The van der Waals surface area contributed by atoms with Crippen LogP contribution in [0.2, 0.25) is 0 Å². The monoisotopic (exact) mass is 295 g/mol. The van der Waals surface area contributed by atoms with E-state index >= 15 is 0 Å². The largest absolute Gasteiger partial charge is 0.493 e. The van der Waals surface area contributed by atoms with Crippen LogP contribution in [0.1, 0.15) is 39.2 Å². The van der Waals surface area contributed by atoms with Gasteiger partial charge in [0.25, 0.3) is 0 Å². The van der Waals surface area contributed by atoms with Gasteiger partial charge in [-0.25, -0.2) is 0 Å². The van der Waals surface area contributed by atoms with E-state index in [9.17, 15) is 0 Å². The van der Waals surface area contributed by atoms with Crippen molar-refractivity contribution in [2.75, 3.05) is 21.3 Å². The summed E-state index contributed by atoms with van der Waals surface area (Å²) in [5, 5.41) is 3.55. The van der Waals surface area contributed by atoms with Crippen molar-refractivity contribution in [3.63, 3.8) is 0 Å². The minimum atomic E-state index is 0.470. The molecule has 0 saturated carbocycles. The zero-order valence-corrected chi connectivity index (χ0v) is 14.2. The zero-order chi connectivity index (χ0) is 15.8. The molecule has 0 aliphatic carbocycles. The molecule has 21 heavy (non-hydrogen) atoms. The summed E-state index contributed by atoms with van der Waals surface area (Å²) in [5.41, 5.74) is 1.08. The minimum absolute atomic E-state index is 0.470. The Labute approximate surface area is 128 Å². The second kappa shape index (κ2) is 8.78. The van der Waals surface area contributed by atoms with Crippen molar-refractivity contribution in [2.45, 2.75) is 46.2 Å². The lowest BCUT2D eigenvalue weighted by Gasteiger charge is -2.20. The Balaban J connectivity index is 2.79. The maximum absolute atomic E-state index is 5.50. The van der Waals surface area contributed by atoms with Gasteiger partial charge in [0.15, 0.2) is 11.5 Å². The summed E-state index contributed by atoms with van der Waals surface area (Å²) >= 11 is 0. The number of benzene rings is 1. The van der Waals surface area contributed by atoms with Crippen molar-refractivity contribution in [3.05, 3.63) is 17.7 Å². The van der Waals surface area contributed by atoms with Gasteiger partial charge in [0.1, 0.15) is 0 Å². The zero-order valence-electron chi connectivity index (χ0n) is 14.2. The van der Waals surface area contributed by atoms with Gasteiger partial charge in [0.05, 0.1) is 21.3 Å². The number of hydrogen-bond acceptors (Lipinski definition) is 4. The average Bonchev–Trinajstić information content (AvgIpc) is 2.51. The smallest absolute Gasteiger partial charge is 0.203 e. The Morgan fingerprint density at radius 1 is 1.00 bits per heavy atom. The first kappa shape index (κ1) is 17.6. The first-order chi connectivity index (χ1) is 10.1. The number of hydrogen-bond donors (Lipinski definition) is 1. The molecule has 120 valence electrons. The molecule has 0 bridgehead atoms. The number of methoxy groups -OCH3 is 3. The third-order valence-electron chi connectivity index (χ3n) is 3.88. The molecule has 1 aromatic carbocycles. The maximum Gasteiger partial charge on any atom is 0.203 e. The molecule has 2 unspecified atom stereocenters. The molecule has 0 spiro atoms. The molecule has 1 rings (SSSR count). The molecular formula is C17H29NO3. The van der Waals surface area contributed by atoms with E-state index in [1.54, 1.807) is 21.3 Å². The van der Waals surface area contributed by atoms with E-state index in [1.807, 2.05) is 12.1 Å². The third-order valence-corrected chi connectivity index (χ3v) is 3.88. The van der Waals surface area contributed by atoms with Crippen LogP contribution in [0.3, 0.4) is 0 Å². The molecular weight excluding hydrogens is 266 g/mol. The molecule has 1 aromatic rings. The molecule has 4 heteroatoms. The predicted molar refractivity (Wildman–Crippen MR) is 86.5 cm³/mol. The second-order valence-corrected chi connectivity index (χ2v) is 5.52. The standard InChI is InChI=1S/C17H29NO3/c1-7-12(2)10-13(3)18-11-14-8-9-15(19-4)17(21-6)16(14)20-5/h8-9,12-13,18H,7,10-11H2,1-6H3. The van der Waals surface area contributed by atoms with E-state index in [0.717, 1.165) is 23.8 Å². The van der Waals surface area contributed by atoms with Crippen molar-refractivity contribution >= 4 is 0 Å².